The molecule has 2 fully saturated rings. The van der Waals surface area contributed by atoms with Crippen molar-refractivity contribution in [2.45, 2.75) is 38.3 Å². The molecule has 1 heterocycles. The van der Waals surface area contributed by atoms with Gasteiger partial charge in [-0.3, -0.25) is 0 Å². The first-order chi connectivity index (χ1) is 4.36. The molecule has 1 saturated carbocycles. The molecule has 1 saturated heterocycles. The number of fused-ring (bicyclic) bond motifs is 1. The minimum atomic E-state index is 0.0558. The molecule has 2 rings (SSSR count). The molecule has 2 aliphatic rings. The second kappa shape index (κ2) is 1.99. The molecule has 0 amide bonds. The monoisotopic (exact) mass is 126 g/mol. The Morgan fingerprint density at radius 2 is 1.78 bits per heavy atom. The van der Waals surface area contributed by atoms with Gasteiger partial charge in [0.05, 0.1) is 12.2 Å². The van der Waals surface area contributed by atoms with Crippen molar-refractivity contribution in [2.75, 3.05) is 0 Å². The number of hydrogen-bond donors (Lipinski definition) is 0. The van der Waals surface area contributed by atoms with Crippen LogP contribution < -0.4 is 0 Å². The fourth-order valence-electron chi connectivity index (χ4n) is 1.73. The van der Waals surface area contributed by atoms with Crippen LogP contribution >= 0.6 is 0 Å². The molecule has 0 spiro atoms. The van der Waals surface area contributed by atoms with E-state index in [1.807, 2.05) is 6.82 Å². The highest BCUT2D eigenvalue weighted by Gasteiger charge is 2.39. The summed E-state index contributed by atoms with van der Waals surface area (Å²) in [5.41, 5.74) is 0. The third-order valence-corrected chi connectivity index (χ3v) is 2.12. The van der Waals surface area contributed by atoms with Gasteiger partial charge in [0.1, 0.15) is 0 Å². The van der Waals surface area contributed by atoms with E-state index < -0.39 is 0 Å². The van der Waals surface area contributed by atoms with E-state index in [9.17, 15) is 0 Å². The molecule has 50 valence electrons. The van der Waals surface area contributed by atoms with Crippen molar-refractivity contribution in [3.63, 3.8) is 0 Å². The predicted molar refractivity (Wildman–Crippen MR) is 35.2 cm³/mol. The Hall–Kier alpha value is -0.0151. The molecular formula is C6H11BO2. The summed E-state index contributed by atoms with van der Waals surface area (Å²) >= 11 is 0. The van der Waals surface area contributed by atoms with Crippen LogP contribution in [-0.2, 0) is 9.31 Å². The zero-order chi connectivity index (χ0) is 6.27. The molecule has 9 heavy (non-hydrogen) atoms. The van der Waals surface area contributed by atoms with Crippen LogP contribution in [0.1, 0.15) is 19.3 Å². The van der Waals surface area contributed by atoms with Crippen LogP contribution in [-0.4, -0.2) is 19.3 Å². The maximum atomic E-state index is 5.46. The highest BCUT2D eigenvalue weighted by atomic mass is 16.7. The van der Waals surface area contributed by atoms with E-state index in [4.69, 9.17) is 9.31 Å². The second-order valence-electron chi connectivity index (χ2n) is 2.85. The van der Waals surface area contributed by atoms with E-state index in [0.717, 1.165) is 0 Å². The first-order valence-corrected chi connectivity index (χ1v) is 3.67. The maximum absolute atomic E-state index is 5.46. The average Bonchev–Trinajstić information content (AvgIpc) is 2.22. The molecule has 1 aliphatic heterocycles. The second-order valence-corrected chi connectivity index (χ2v) is 2.85. The van der Waals surface area contributed by atoms with E-state index in [1.54, 1.807) is 0 Å². The lowest BCUT2D eigenvalue weighted by Gasteiger charge is -2.04. The fourth-order valence-corrected chi connectivity index (χ4v) is 1.73. The zero-order valence-corrected chi connectivity index (χ0v) is 5.67. The number of hydrogen-bond acceptors (Lipinski definition) is 2. The van der Waals surface area contributed by atoms with Crippen molar-refractivity contribution in [1.29, 1.82) is 0 Å². The predicted octanol–water partition coefficient (Wildman–Crippen LogP) is 1.07. The van der Waals surface area contributed by atoms with Crippen LogP contribution in [0.3, 0.4) is 0 Å². The highest BCUT2D eigenvalue weighted by Crippen LogP contribution is 2.30. The summed E-state index contributed by atoms with van der Waals surface area (Å²) < 4.78 is 10.9. The van der Waals surface area contributed by atoms with Crippen molar-refractivity contribution in [1.82, 2.24) is 0 Å². The van der Waals surface area contributed by atoms with Crippen molar-refractivity contribution < 1.29 is 9.31 Å². The Morgan fingerprint density at radius 1 is 1.22 bits per heavy atom. The van der Waals surface area contributed by atoms with Crippen LogP contribution in [0.4, 0.5) is 0 Å². The Labute approximate surface area is 55.7 Å². The Bertz CT molecular complexity index is 106. The summed E-state index contributed by atoms with van der Waals surface area (Å²) in [6.07, 6.45) is 4.55. The van der Waals surface area contributed by atoms with Crippen molar-refractivity contribution in [3.05, 3.63) is 0 Å². The lowest BCUT2D eigenvalue weighted by atomic mass is 9.96. The van der Waals surface area contributed by atoms with Crippen LogP contribution in [0.5, 0.6) is 0 Å². The van der Waals surface area contributed by atoms with Gasteiger partial charge in [-0.25, -0.2) is 0 Å². The average molecular weight is 126 g/mol. The lowest BCUT2D eigenvalue weighted by molar-refractivity contribution is 0.187. The topological polar surface area (TPSA) is 18.5 Å². The van der Waals surface area contributed by atoms with Gasteiger partial charge in [0.25, 0.3) is 0 Å². The molecule has 0 aromatic rings. The fraction of sp³-hybridized carbons (Fsp3) is 1.00. The molecule has 0 radical (unpaired) electrons. The van der Waals surface area contributed by atoms with Crippen LogP contribution in [0.2, 0.25) is 6.82 Å². The number of rotatable bonds is 0. The summed E-state index contributed by atoms with van der Waals surface area (Å²) in [6.45, 7) is 1.97. The molecule has 3 heteroatoms. The summed E-state index contributed by atoms with van der Waals surface area (Å²) in [5.74, 6) is 0. The van der Waals surface area contributed by atoms with Gasteiger partial charge in [0.15, 0.2) is 0 Å². The molecule has 0 bridgehead atoms. The van der Waals surface area contributed by atoms with Gasteiger partial charge < -0.3 is 9.31 Å². The van der Waals surface area contributed by atoms with Crippen LogP contribution in [0, 0.1) is 0 Å². The third kappa shape index (κ3) is 0.884. The van der Waals surface area contributed by atoms with E-state index >= 15 is 0 Å². The smallest absolute Gasteiger partial charge is 0.406 e. The van der Waals surface area contributed by atoms with Crippen LogP contribution in [0.25, 0.3) is 0 Å². The highest BCUT2D eigenvalue weighted by molar-refractivity contribution is 6.43. The molecule has 0 aromatic carbocycles. The largest absolute Gasteiger partial charge is 0.454 e. The van der Waals surface area contributed by atoms with Gasteiger partial charge >= 0.3 is 7.12 Å². The quantitative estimate of drug-likeness (QED) is 0.452. The first kappa shape index (κ1) is 5.75. The minimum absolute atomic E-state index is 0.0558. The van der Waals surface area contributed by atoms with E-state index in [1.165, 1.54) is 19.3 Å². The molecule has 0 N–H and O–H groups in total. The molecule has 0 aromatic heterocycles. The summed E-state index contributed by atoms with van der Waals surface area (Å²) in [6, 6.07) is 0. The van der Waals surface area contributed by atoms with Crippen molar-refractivity contribution in [3.8, 4) is 0 Å². The van der Waals surface area contributed by atoms with Crippen molar-refractivity contribution in [2.24, 2.45) is 0 Å². The standard InChI is InChI=1S/C6H11BO2/c1-7-8-5-3-2-4-6(5)9-7/h5-6H,2-4H2,1H3. The van der Waals surface area contributed by atoms with Crippen LogP contribution in [0.15, 0.2) is 0 Å². The summed E-state index contributed by atoms with van der Waals surface area (Å²) in [5, 5.41) is 0. The summed E-state index contributed by atoms with van der Waals surface area (Å²) in [7, 11) is 0.0558. The van der Waals surface area contributed by atoms with Gasteiger partial charge in [-0.2, -0.15) is 0 Å². The normalized spacial score (nSPS) is 41.7. The Balaban J connectivity index is 2.02. The molecule has 2 atom stereocenters. The Morgan fingerprint density at radius 3 is 2.33 bits per heavy atom. The minimum Gasteiger partial charge on any atom is -0.406 e. The van der Waals surface area contributed by atoms with Gasteiger partial charge in [-0.05, 0) is 26.1 Å². The molecule has 2 unspecified atom stereocenters. The summed E-state index contributed by atoms with van der Waals surface area (Å²) in [4.78, 5) is 0. The molecule has 1 aliphatic carbocycles. The van der Waals surface area contributed by atoms with Crippen molar-refractivity contribution >= 4 is 7.12 Å². The van der Waals surface area contributed by atoms with E-state index in [2.05, 4.69) is 0 Å². The molecular weight excluding hydrogens is 115 g/mol. The Kier molecular flexibility index (Phi) is 1.27. The molecule has 2 nitrogen and oxygen atoms in total. The SMILES string of the molecule is CB1OC2CCCC2O1. The van der Waals surface area contributed by atoms with E-state index in [-0.39, 0.29) is 7.12 Å². The van der Waals surface area contributed by atoms with Gasteiger partial charge in [0, 0.05) is 0 Å². The zero-order valence-electron chi connectivity index (χ0n) is 5.67. The maximum Gasteiger partial charge on any atom is 0.454 e. The first-order valence-electron chi connectivity index (χ1n) is 3.67. The van der Waals surface area contributed by atoms with Gasteiger partial charge in [0.2, 0.25) is 0 Å². The lowest BCUT2D eigenvalue weighted by Crippen LogP contribution is -2.13. The van der Waals surface area contributed by atoms with Gasteiger partial charge in [-0.1, -0.05) is 0 Å². The van der Waals surface area contributed by atoms with Gasteiger partial charge in [-0.15, -0.1) is 0 Å². The third-order valence-electron chi connectivity index (χ3n) is 2.12. The van der Waals surface area contributed by atoms with E-state index in [0.29, 0.717) is 12.2 Å².